The van der Waals surface area contributed by atoms with Crippen LogP contribution in [0.3, 0.4) is 0 Å². The first-order chi connectivity index (χ1) is 4.97. The van der Waals surface area contributed by atoms with Gasteiger partial charge in [0, 0.05) is 11.9 Å². The van der Waals surface area contributed by atoms with Gasteiger partial charge in [0.15, 0.2) is 5.28 Å². The third-order valence-corrected chi connectivity index (χ3v) is 1.51. The summed E-state index contributed by atoms with van der Waals surface area (Å²) < 4.78 is 0. The fourth-order valence-corrected chi connectivity index (χ4v) is 1.16. The number of imidazole rings is 1. The minimum Gasteiger partial charge on any atom is -0.333 e. The van der Waals surface area contributed by atoms with Crippen molar-refractivity contribution >= 4 is 11.6 Å². The van der Waals surface area contributed by atoms with Crippen LogP contribution in [-0.2, 0) is 6.42 Å². The minimum atomic E-state index is 0.288. The second-order valence-electron chi connectivity index (χ2n) is 3.94. The summed E-state index contributed by atoms with van der Waals surface area (Å²) in [6.45, 7) is 6.55. The fraction of sp³-hybridized carbons (Fsp3) is 0.625. The van der Waals surface area contributed by atoms with Crippen molar-refractivity contribution < 1.29 is 0 Å². The Morgan fingerprint density at radius 2 is 2.18 bits per heavy atom. The van der Waals surface area contributed by atoms with Crippen molar-refractivity contribution in [3.8, 4) is 0 Å². The van der Waals surface area contributed by atoms with E-state index in [4.69, 9.17) is 11.6 Å². The van der Waals surface area contributed by atoms with Crippen LogP contribution in [0.2, 0.25) is 5.28 Å². The van der Waals surface area contributed by atoms with E-state index < -0.39 is 0 Å². The quantitative estimate of drug-likeness (QED) is 0.693. The summed E-state index contributed by atoms with van der Waals surface area (Å²) in [6, 6.07) is 0. The molecule has 62 valence electrons. The first kappa shape index (κ1) is 8.60. The molecule has 0 saturated carbocycles. The standard InChI is InChI=1S/C8H13ClN2/c1-8(2,3)4-6-5-10-7(9)11-6/h5H,4H2,1-3H3,(H,10,11). The summed E-state index contributed by atoms with van der Waals surface area (Å²) in [5.41, 5.74) is 1.39. The van der Waals surface area contributed by atoms with Crippen LogP contribution in [0.5, 0.6) is 0 Å². The molecule has 3 heteroatoms. The molecule has 1 aromatic heterocycles. The Kier molecular flexibility index (Phi) is 2.23. The van der Waals surface area contributed by atoms with Gasteiger partial charge in [-0.2, -0.15) is 0 Å². The van der Waals surface area contributed by atoms with Gasteiger partial charge in [-0.1, -0.05) is 20.8 Å². The van der Waals surface area contributed by atoms with Gasteiger partial charge in [-0.25, -0.2) is 4.98 Å². The topological polar surface area (TPSA) is 28.7 Å². The Bertz CT molecular complexity index is 234. The van der Waals surface area contributed by atoms with Crippen LogP contribution in [0.1, 0.15) is 26.5 Å². The molecule has 1 N–H and O–H groups in total. The zero-order valence-electron chi connectivity index (χ0n) is 7.11. The molecule has 0 aromatic carbocycles. The largest absolute Gasteiger partial charge is 0.333 e. The number of rotatable bonds is 1. The highest BCUT2D eigenvalue weighted by Crippen LogP contribution is 2.19. The first-order valence-corrected chi connectivity index (χ1v) is 4.04. The lowest BCUT2D eigenvalue weighted by Gasteiger charge is -2.15. The fourth-order valence-electron chi connectivity index (χ4n) is 0.993. The molecule has 0 atom stereocenters. The van der Waals surface area contributed by atoms with E-state index in [9.17, 15) is 0 Å². The van der Waals surface area contributed by atoms with Crippen LogP contribution in [0.15, 0.2) is 6.20 Å². The smallest absolute Gasteiger partial charge is 0.200 e. The number of hydrogen-bond acceptors (Lipinski definition) is 1. The van der Waals surface area contributed by atoms with Crippen LogP contribution in [0.25, 0.3) is 0 Å². The van der Waals surface area contributed by atoms with Crippen molar-refractivity contribution in [3.63, 3.8) is 0 Å². The van der Waals surface area contributed by atoms with E-state index in [1.807, 2.05) is 0 Å². The Morgan fingerprint density at radius 1 is 1.55 bits per heavy atom. The van der Waals surface area contributed by atoms with Crippen molar-refractivity contribution in [1.82, 2.24) is 9.97 Å². The van der Waals surface area contributed by atoms with Gasteiger partial charge >= 0.3 is 0 Å². The third kappa shape index (κ3) is 2.93. The Labute approximate surface area is 72.0 Å². The van der Waals surface area contributed by atoms with Crippen molar-refractivity contribution in [1.29, 1.82) is 0 Å². The molecule has 0 radical (unpaired) electrons. The van der Waals surface area contributed by atoms with Crippen molar-refractivity contribution in [2.75, 3.05) is 0 Å². The van der Waals surface area contributed by atoms with Gasteiger partial charge in [-0.15, -0.1) is 0 Å². The molecule has 0 spiro atoms. The third-order valence-electron chi connectivity index (χ3n) is 1.32. The summed E-state index contributed by atoms with van der Waals surface area (Å²) in [6.07, 6.45) is 2.76. The molecular formula is C8H13ClN2. The predicted molar refractivity (Wildman–Crippen MR) is 46.8 cm³/mol. The molecule has 0 amide bonds. The van der Waals surface area contributed by atoms with Crippen molar-refractivity contribution in [2.24, 2.45) is 5.41 Å². The Morgan fingerprint density at radius 3 is 2.55 bits per heavy atom. The van der Waals surface area contributed by atoms with Gasteiger partial charge in [0.05, 0.1) is 0 Å². The normalized spacial score (nSPS) is 12.0. The Balaban J connectivity index is 2.65. The molecule has 0 fully saturated rings. The van der Waals surface area contributed by atoms with Gasteiger partial charge in [-0.3, -0.25) is 0 Å². The molecule has 11 heavy (non-hydrogen) atoms. The molecule has 1 rings (SSSR count). The first-order valence-electron chi connectivity index (χ1n) is 3.67. The molecule has 0 bridgehead atoms. The summed E-state index contributed by atoms with van der Waals surface area (Å²) in [7, 11) is 0. The van der Waals surface area contributed by atoms with E-state index in [-0.39, 0.29) is 5.41 Å². The van der Waals surface area contributed by atoms with E-state index >= 15 is 0 Å². The van der Waals surface area contributed by atoms with Crippen LogP contribution < -0.4 is 0 Å². The second-order valence-corrected chi connectivity index (χ2v) is 4.29. The van der Waals surface area contributed by atoms with E-state index in [0.29, 0.717) is 5.28 Å². The number of nitrogens with one attached hydrogen (secondary N) is 1. The second kappa shape index (κ2) is 2.86. The van der Waals surface area contributed by atoms with Gasteiger partial charge in [-0.05, 0) is 23.4 Å². The average molecular weight is 173 g/mol. The van der Waals surface area contributed by atoms with Crippen molar-refractivity contribution in [2.45, 2.75) is 27.2 Å². The van der Waals surface area contributed by atoms with E-state index in [1.165, 1.54) is 0 Å². The molecule has 0 aliphatic rings. The molecule has 0 aliphatic carbocycles. The number of aromatic nitrogens is 2. The van der Waals surface area contributed by atoms with E-state index in [0.717, 1.165) is 12.1 Å². The number of nitrogens with zero attached hydrogens (tertiary/aromatic N) is 1. The van der Waals surface area contributed by atoms with Crippen LogP contribution in [0, 0.1) is 5.41 Å². The number of H-pyrrole nitrogens is 1. The van der Waals surface area contributed by atoms with Gasteiger partial charge in [0.2, 0.25) is 0 Å². The highest BCUT2D eigenvalue weighted by Gasteiger charge is 2.12. The maximum atomic E-state index is 5.62. The zero-order valence-corrected chi connectivity index (χ0v) is 7.87. The van der Waals surface area contributed by atoms with E-state index in [2.05, 4.69) is 30.7 Å². The van der Waals surface area contributed by atoms with Crippen LogP contribution in [-0.4, -0.2) is 9.97 Å². The molecule has 0 aliphatic heterocycles. The number of halogens is 1. The zero-order chi connectivity index (χ0) is 8.48. The molecule has 2 nitrogen and oxygen atoms in total. The molecular weight excluding hydrogens is 160 g/mol. The number of hydrogen-bond donors (Lipinski definition) is 1. The molecule has 0 saturated heterocycles. The van der Waals surface area contributed by atoms with Gasteiger partial charge in [0.25, 0.3) is 0 Å². The molecule has 1 aromatic rings. The maximum absolute atomic E-state index is 5.62. The lowest BCUT2D eigenvalue weighted by atomic mass is 9.91. The summed E-state index contributed by atoms with van der Waals surface area (Å²) in [4.78, 5) is 6.90. The number of aromatic amines is 1. The summed E-state index contributed by atoms with van der Waals surface area (Å²) in [5.74, 6) is 0. The van der Waals surface area contributed by atoms with Crippen molar-refractivity contribution in [3.05, 3.63) is 17.2 Å². The van der Waals surface area contributed by atoms with Gasteiger partial charge < -0.3 is 4.98 Å². The summed E-state index contributed by atoms with van der Waals surface area (Å²) in [5, 5.41) is 0.476. The van der Waals surface area contributed by atoms with E-state index in [1.54, 1.807) is 6.20 Å². The SMILES string of the molecule is CC(C)(C)Cc1cnc(Cl)[nH]1. The van der Waals surface area contributed by atoms with Crippen LogP contribution in [0.4, 0.5) is 0 Å². The molecule has 1 heterocycles. The van der Waals surface area contributed by atoms with Crippen LogP contribution >= 0.6 is 11.6 Å². The highest BCUT2D eigenvalue weighted by atomic mass is 35.5. The Hall–Kier alpha value is -0.500. The molecule has 0 unspecified atom stereocenters. The summed E-state index contributed by atoms with van der Waals surface area (Å²) >= 11 is 5.62. The van der Waals surface area contributed by atoms with Gasteiger partial charge in [0.1, 0.15) is 0 Å². The predicted octanol–water partition coefficient (Wildman–Crippen LogP) is 2.65. The lowest BCUT2D eigenvalue weighted by molar-refractivity contribution is 0.407. The minimum absolute atomic E-state index is 0.288. The average Bonchev–Trinajstić information content (AvgIpc) is 2.10. The highest BCUT2D eigenvalue weighted by molar-refractivity contribution is 6.28. The monoisotopic (exact) mass is 172 g/mol. The lowest BCUT2D eigenvalue weighted by Crippen LogP contribution is -2.09. The maximum Gasteiger partial charge on any atom is 0.200 e.